The first-order valence-electron chi connectivity index (χ1n) is 5.21. The molecule has 0 aliphatic carbocycles. The number of rotatable bonds is 3. The molecule has 6 nitrogen and oxygen atoms in total. The second-order valence-corrected chi connectivity index (χ2v) is 3.76. The van der Waals surface area contributed by atoms with Gasteiger partial charge in [0.15, 0.2) is 5.82 Å². The maximum atomic E-state index is 12.4. The highest BCUT2D eigenvalue weighted by Crippen LogP contribution is 2.32. The molecule has 110 valence electrons. The molecule has 0 aliphatic rings. The van der Waals surface area contributed by atoms with E-state index < -0.39 is 23.6 Å². The molecule has 10 heteroatoms. The molecule has 2 N–H and O–H groups in total. The van der Waals surface area contributed by atoms with Crippen molar-refractivity contribution in [3.63, 3.8) is 0 Å². The van der Waals surface area contributed by atoms with Crippen LogP contribution in [-0.4, -0.2) is 23.5 Å². The van der Waals surface area contributed by atoms with Gasteiger partial charge in [0.1, 0.15) is 0 Å². The molecule has 1 amide bonds. The van der Waals surface area contributed by atoms with Crippen LogP contribution in [0.25, 0.3) is 0 Å². The van der Waals surface area contributed by atoms with Crippen LogP contribution in [0.1, 0.15) is 12.5 Å². The molecule has 0 radical (unpaired) electrons. The number of pyridine rings is 1. The summed E-state index contributed by atoms with van der Waals surface area (Å²) in [7, 11) is 0. The van der Waals surface area contributed by atoms with Gasteiger partial charge >= 0.3 is 18.1 Å². The van der Waals surface area contributed by atoms with Crippen LogP contribution >= 0.6 is 11.6 Å². The van der Waals surface area contributed by atoms with E-state index in [0.717, 1.165) is 0 Å². The predicted octanol–water partition coefficient (Wildman–Crippen LogP) is 1.76. The van der Waals surface area contributed by atoms with E-state index in [9.17, 15) is 22.8 Å². The zero-order chi connectivity index (χ0) is 15.3. The third-order valence-corrected chi connectivity index (χ3v) is 2.21. The second kappa shape index (κ2) is 6.42. The molecule has 0 unspecified atom stereocenters. The monoisotopic (exact) mass is 311 g/mol. The second-order valence-electron chi connectivity index (χ2n) is 3.35. The number of aromatic nitrogens is 1. The minimum Gasteiger partial charge on any atom is -0.459 e. The van der Waals surface area contributed by atoms with E-state index in [4.69, 9.17) is 11.6 Å². The van der Waals surface area contributed by atoms with Crippen molar-refractivity contribution < 1.29 is 27.5 Å². The third-order valence-electron chi connectivity index (χ3n) is 1.92. The van der Waals surface area contributed by atoms with Crippen LogP contribution in [0.4, 0.5) is 19.0 Å². The molecule has 0 atom stereocenters. The maximum Gasteiger partial charge on any atom is 0.417 e. The van der Waals surface area contributed by atoms with Crippen LogP contribution in [0.5, 0.6) is 0 Å². The normalized spacial score (nSPS) is 10.8. The number of hydrazine groups is 1. The van der Waals surface area contributed by atoms with E-state index >= 15 is 0 Å². The molecule has 0 aromatic carbocycles. The number of hydrogen-bond acceptors (Lipinski definition) is 5. The summed E-state index contributed by atoms with van der Waals surface area (Å²) in [6.07, 6.45) is -4.05. The highest BCUT2D eigenvalue weighted by atomic mass is 35.5. The number of halogens is 4. The molecule has 0 saturated heterocycles. The molecular formula is C10H9ClF3N3O3. The first-order valence-corrected chi connectivity index (χ1v) is 5.59. The minimum absolute atomic E-state index is 0.00550. The van der Waals surface area contributed by atoms with Crippen LogP contribution in [0.15, 0.2) is 12.3 Å². The summed E-state index contributed by atoms with van der Waals surface area (Å²) in [5, 5.41) is -0.371. The van der Waals surface area contributed by atoms with Gasteiger partial charge in [-0.1, -0.05) is 11.6 Å². The Morgan fingerprint density at radius 3 is 2.60 bits per heavy atom. The van der Waals surface area contributed by atoms with Gasteiger partial charge in [-0.05, 0) is 13.0 Å². The third kappa shape index (κ3) is 4.26. The largest absolute Gasteiger partial charge is 0.459 e. The van der Waals surface area contributed by atoms with Gasteiger partial charge in [0.2, 0.25) is 0 Å². The lowest BCUT2D eigenvalue weighted by atomic mass is 10.3. The Bertz CT molecular complexity index is 522. The number of anilines is 1. The number of esters is 1. The zero-order valence-electron chi connectivity index (χ0n) is 10.0. The Morgan fingerprint density at radius 2 is 2.10 bits per heavy atom. The van der Waals surface area contributed by atoms with Crippen LogP contribution in [0.3, 0.4) is 0 Å². The van der Waals surface area contributed by atoms with Crippen molar-refractivity contribution in [2.45, 2.75) is 13.1 Å². The number of amides is 1. The van der Waals surface area contributed by atoms with Gasteiger partial charge in [-0.2, -0.15) is 13.2 Å². The average Bonchev–Trinajstić information content (AvgIpc) is 2.36. The summed E-state index contributed by atoms with van der Waals surface area (Å²) in [5.74, 6) is -2.52. The van der Waals surface area contributed by atoms with Crippen molar-refractivity contribution in [3.8, 4) is 0 Å². The number of carbonyl (C=O) groups is 2. The van der Waals surface area contributed by atoms with Crippen LogP contribution in [-0.2, 0) is 20.5 Å². The zero-order valence-corrected chi connectivity index (χ0v) is 10.8. The summed E-state index contributed by atoms with van der Waals surface area (Å²) in [5.41, 5.74) is 2.97. The van der Waals surface area contributed by atoms with E-state index in [1.165, 1.54) is 6.92 Å². The number of alkyl halides is 3. The van der Waals surface area contributed by atoms with Gasteiger partial charge in [-0.25, -0.2) is 9.78 Å². The van der Waals surface area contributed by atoms with E-state index in [2.05, 4.69) is 15.1 Å². The quantitative estimate of drug-likeness (QED) is 0.505. The number of carbonyl (C=O) groups excluding carboxylic acids is 2. The molecule has 1 aromatic heterocycles. The van der Waals surface area contributed by atoms with Crippen molar-refractivity contribution in [3.05, 3.63) is 22.8 Å². The molecule has 20 heavy (non-hydrogen) atoms. The van der Waals surface area contributed by atoms with Crippen LogP contribution in [0, 0.1) is 0 Å². The maximum absolute atomic E-state index is 12.4. The lowest BCUT2D eigenvalue weighted by Gasteiger charge is -2.11. The summed E-state index contributed by atoms with van der Waals surface area (Å²) < 4.78 is 41.5. The molecule has 1 rings (SSSR count). The van der Waals surface area contributed by atoms with Crippen molar-refractivity contribution in [2.24, 2.45) is 0 Å². The molecule has 1 aromatic rings. The Labute approximate surface area is 116 Å². The number of hydrogen-bond donors (Lipinski definition) is 2. The van der Waals surface area contributed by atoms with Crippen molar-refractivity contribution in [2.75, 3.05) is 12.0 Å². The molecule has 0 bridgehead atoms. The highest BCUT2D eigenvalue weighted by Gasteiger charge is 2.31. The number of ether oxygens (including phenoxy) is 1. The molecule has 0 aliphatic heterocycles. The molecule has 1 heterocycles. The van der Waals surface area contributed by atoms with Gasteiger partial charge in [0.05, 0.1) is 17.2 Å². The fourth-order valence-electron chi connectivity index (χ4n) is 1.05. The average molecular weight is 312 g/mol. The Balaban J connectivity index is 2.70. The van der Waals surface area contributed by atoms with Crippen molar-refractivity contribution >= 4 is 29.3 Å². The van der Waals surface area contributed by atoms with E-state index in [0.29, 0.717) is 12.3 Å². The minimum atomic E-state index is -4.58. The standard InChI is InChI=1S/C10H9ClF3N3O3/c1-2-20-9(19)8(18)17-16-7-6(11)3-5(4-15-7)10(12,13)14/h3-4H,2H2,1H3,(H,15,16)(H,17,18). The number of nitrogens with zero attached hydrogens (tertiary/aromatic N) is 1. The summed E-state index contributed by atoms with van der Waals surface area (Å²) in [6, 6.07) is 0.632. The SMILES string of the molecule is CCOC(=O)C(=O)NNc1ncc(C(F)(F)F)cc1Cl. The molecular weight excluding hydrogens is 303 g/mol. The van der Waals surface area contributed by atoms with Crippen molar-refractivity contribution in [1.82, 2.24) is 10.4 Å². The van der Waals surface area contributed by atoms with Crippen LogP contribution in [0.2, 0.25) is 5.02 Å². The topological polar surface area (TPSA) is 80.3 Å². The van der Waals surface area contributed by atoms with E-state index in [1.807, 2.05) is 5.43 Å². The highest BCUT2D eigenvalue weighted by molar-refractivity contribution is 6.34. The molecule has 0 fully saturated rings. The van der Waals surface area contributed by atoms with Gasteiger partial charge in [0.25, 0.3) is 0 Å². The summed E-state index contributed by atoms with van der Waals surface area (Å²) >= 11 is 5.57. The Hall–Kier alpha value is -2.03. The van der Waals surface area contributed by atoms with Gasteiger partial charge in [-0.3, -0.25) is 15.6 Å². The van der Waals surface area contributed by atoms with E-state index in [1.54, 1.807) is 0 Å². The van der Waals surface area contributed by atoms with Gasteiger partial charge in [0, 0.05) is 6.20 Å². The number of nitrogens with one attached hydrogen (secondary N) is 2. The molecule has 0 saturated carbocycles. The van der Waals surface area contributed by atoms with Crippen LogP contribution < -0.4 is 10.9 Å². The van der Waals surface area contributed by atoms with Crippen molar-refractivity contribution in [1.29, 1.82) is 0 Å². The fourth-order valence-corrected chi connectivity index (χ4v) is 1.26. The first kappa shape index (κ1) is 16.0. The van der Waals surface area contributed by atoms with E-state index in [-0.39, 0.29) is 17.4 Å². The van der Waals surface area contributed by atoms with Gasteiger partial charge in [-0.15, -0.1) is 0 Å². The fraction of sp³-hybridized carbons (Fsp3) is 0.300. The smallest absolute Gasteiger partial charge is 0.417 e. The Kier molecular flexibility index (Phi) is 5.14. The van der Waals surface area contributed by atoms with Gasteiger partial charge < -0.3 is 4.74 Å². The summed E-state index contributed by atoms with van der Waals surface area (Å²) in [4.78, 5) is 25.5. The first-order chi connectivity index (χ1) is 9.25. The lowest BCUT2D eigenvalue weighted by molar-refractivity contribution is -0.154. The predicted molar refractivity (Wildman–Crippen MR) is 62.6 cm³/mol. The lowest BCUT2D eigenvalue weighted by Crippen LogP contribution is -2.36. The summed E-state index contributed by atoms with van der Waals surface area (Å²) in [6.45, 7) is 1.51. The molecule has 0 spiro atoms. The Morgan fingerprint density at radius 1 is 1.45 bits per heavy atom.